The first-order valence-corrected chi connectivity index (χ1v) is 4.89. The maximum Gasteiger partial charge on any atom is 0.163 e. The number of benzene rings is 1. The first-order chi connectivity index (χ1) is 7.63. The molecule has 1 aromatic rings. The van der Waals surface area contributed by atoms with Crippen LogP contribution in [0.1, 0.15) is 18.6 Å². The van der Waals surface area contributed by atoms with Crippen LogP contribution < -0.4 is 9.47 Å². The molecule has 0 spiro atoms. The zero-order chi connectivity index (χ0) is 12.1. The van der Waals surface area contributed by atoms with Gasteiger partial charge in [0.15, 0.2) is 5.78 Å². The van der Waals surface area contributed by atoms with Gasteiger partial charge in [-0.15, -0.1) is 0 Å². The van der Waals surface area contributed by atoms with Gasteiger partial charge >= 0.3 is 0 Å². The molecule has 16 heavy (non-hydrogen) atoms. The molecular formula is C12H16O4. The van der Waals surface area contributed by atoms with Gasteiger partial charge in [-0.1, -0.05) is 0 Å². The largest absolute Gasteiger partial charge is 0.497 e. The standard InChI is InChI=1S/C12H16O4/c1-8(13)12(16-4)10-7-9(14-2)5-6-11(10)15-3/h5-7,12H,1-4H3. The Hall–Kier alpha value is -1.55. The van der Waals surface area contributed by atoms with Crippen molar-refractivity contribution in [2.24, 2.45) is 0 Å². The van der Waals surface area contributed by atoms with E-state index in [4.69, 9.17) is 14.2 Å². The molecule has 0 saturated carbocycles. The van der Waals surface area contributed by atoms with Crippen LogP contribution in [0.2, 0.25) is 0 Å². The van der Waals surface area contributed by atoms with Crippen LogP contribution in [0.5, 0.6) is 11.5 Å². The van der Waals surface area contributed by atoms with Gasteiger partial charge in [-0.05, 0) is 25.1 Å². The maximum absolute atomic E-state index is 11.4. The van der Waals surface area contributed by atoms with Crippen molar-refractivity contribution in [1.82, 2.24) is 0 Å². The second kappa shape index (κ2) is 5.51. The van der Waals surface area contributed by atoms with Crippen molar-refractivity contribution in [1.29, 1.82) is 0 Å². The summed E-state index contributed by atoms with van der Waals surface area (Å²) in [6, 6.07) is 5.27. The lowest BCUT2D eigenvalue weighted by molar-refractivity contribution is -0.127. The average Bonchev–Trinajstić information content (AvgIpc) is 2.29. The molecule has 0 aliphatic heterocycles. The minimum atomic E-state index is -0.620. The van der Waals surface area contributed by atoms with Crippen LogP contribution in [0.4, 0.5) is 0 Å². The van der Waals surface area contributed by atoms with Gasteiger partial charge < -0.3 is 14.2 Å². The van der Waals surface area contributed by atoms with E-state index in [1.807, 2.05) is 0 Å². The fourth-order valence-corrected chi connectivity index (χ4v) is 1.56. The van der Waals surface area contributed by atoms with E-state index in [1.165, 1.54) is 14.0 Å². The van der Waals surface area contributed by atoms with Crippen LogP contribution in [0.15, 0.2) is 18.2 Å². The average molecular weight is 224 g/mol. The molecule has 1 rings (SSSR count). The summed E-state index contributed by atoms with van der Waals surface area (Å²) < 4.78 is 15.5. The number of ether oxygens (including phenoxy) is 3. The van der Waals surface area contributed by atoms with Gasteiger partial charge in [-0.25, -0.2) is 0 Å². The highest BCUT2D eigenvalue weighted by atomic mass is 16.5. The molecule has 0 fully saturated rings. The SMILES string of the molecule is COc1ccc(OC)c(C(OC)C(C)=O)c1. The van der Waals surface area contributed by atoms with Crippen molar-refractivity contribution in [3.63, 3.8) is 0 Å². The minimum absolute atomic E-state index is 0.0750. The van der Waals surface area contributed by atoms with Gasteiger partial charge in [0.1, 0.15) is 17.6 Å². The molecule has 0 saturated heterocycles. The molecule has 4 nitrogen and oxygen atoms in total. The predicted molar refractivity (Wildman–Crippen MR) is 60.0 cm³/mol. The Morgan fingerprint density at radius 3 is 2.31 bits per heavy atom. The Morgan fingerprint density at radius 1 is 1.19 bits per heavy atom. The second-order valence-corrected chi connectivity index (χ2v) is 3.33. The van der Waals surface area contributed by atoms with Gasteiger partial charge in [0, 0.05) is 12.7 Å². The quantitative estimate of drug-likeness (QED) is 0.767. The summed E-state index contributed by atoms with van der Waals surface area (Å²) in [7, 11) is 4.62. The van der Waals surface area contributed by atoms with E-state index in [9.17, 15) is 4.79 Å². The number of ketones is 1. The van der Waals surface area contributed by atoms with Crippen molar-refractivity contribution in [2.75, 3.05) is 21.3 Å². The molecule has 1 atom stereocenters. The Balaban J connectivity index is 3.21. The Morgan fingerprint density at radius 2 is 1.88 bits per heavy atom. The van der Waals surface area contributed by atoms with E-state index in [1.54, 1.807) is 32.4 Å². The highest BCUT2D eigenvalue weighted by Gasteiger charge is 2.20. The second-order valence-electron chi connectivity index (χ2n) is 3.33. The van der Waals surface area contributed by atoms with Gasteiger partial charge in [-0.2, -0.15) is 0 Å². The summed E-state index contributed by atoms with van der Waals surface area (Å²) in [5, 5.41) is 0. The molecule has 0 aromatic heterocycles. The lowest BCUT2D eigenvalue weighted by atomic mass is 10.0. The van der Waals surface area contributed by atoms with Crippen LogP contribution in [0, 0.1) is 0 Å². The van der Waals surface area contributed by atoms with E-state index in [2.05, 4.69) is 0 Å². The van der Waals surface area contributed by atoms with Gasteiger partial charge in [0.25, 0.3) is 0 Å². The fourth-order valence-electron chi connectivity index (χ4n) is 1.56. The molecule has 0 aliphatic rings. The van der Waals surface area contributed by atoms with Crippen molar-refractivity contribution < 1.29 is 19.0 Å². The van der Waals surface area contributed by atoms with E-state index < -0.39 is 6.10 Å². The molecule has 0 heterocycles. The molecule has 0 amide bonds. The van der Waals surface area contributed by atoms with Gasteiger partial charge in [0.05, 0.1) is 14.2 Å². The number of hydrogen-bond donors (Lipinski definition) is 0. The molecule has 1 aromatic carbocycles. The normalized spacial score (nSPS) is 12.0. The molecule has 0 radical (unpaired) electrons. The molecule has 0 aliphatic carbocycles. The van der Waals surface area contributed by atoms with Gasteiger partial charge in [-0.3, -0.25) is 4.79 Å². The van der Waals surface area contributed by atoms with Crippen LogP contribution >= 0.6 is 0 Å². The Kier molecular flexibility index (Phi) is 4.31. The summed E-state index contributed by atoms with van der Waals surface area (Å²) >= 11 is 0. The van der Waals surface area contributed by atoms with Crippen molar-refractivity contribution >= 4 is 5.78 Å². The Labute approximate surface area is 95.1 Å². The zero-order valence-electron chi connectivity index (χ0n) is 9.94. The highest BCUT2D eigenvalue weighted by Crippen LogP contribution is 2.31. The summed E-state index contributed by atoms with van der Waals surface area (Å²) in [6.45, 7) is 1.48. The molecular weight excluding hydrogens is 208 g/mol. The number of carbonyl (C=O) groups excluding carboxylic acids is 1. The molecule has 88 valence electrons. The summed E-state index contributed by atoms with van der Waals surface area (Å²) in [5.74, 6) is 1.20. The van der Waals surface area contributed by atoms with E-state index in [0.29, 0.717) is 17.1 Å². The third kappa shape index (κ3) is 2.52. The van der Waals surface area contributed by atoms with Crippen LogP contribution in [-0.2, 0) is 9.53 Å². The minimum Gasteiger partial charge on any atom is -0.497 e. The van der Waals surface area contributed by atoms with Crippen molar-refractivity contribution in [2.45, 2.75) is 13.0 Å². The van der Waals surface area contributed by atoms with Crippen LogP contribution in [0.3, 0.4) is 0 Å². The highest BCUT2D eigenvalue weighted by molar-refractivity contribution is 5.82. The molecule has 0 N–H and O–H groups in total. The summed E-state index contributed by atoms with van der Waals surface area (Å²) in [4.78, 5) is 11.4. The number of carbonyl (C=O) groups is 1. The van der Waals surface area contributed by atoms with E-state index in [0.717, 1.165) is 0 Å². The first-order valence-electron chi connectivity index (χ1n) is 4.89. The zero-order valence-corrected chi connectivity index (χ0v) is 9.94. The molecule has 0 bridgehead atoms. The van der Waals surface area contributed by atoms with Gasteiger partial charge in [0.2, 0.25) is 0 Å². The van der Waals surface area contributed by atoms with Crippen molar-refractivity contribution in [3.05, 3.63) is 23.8 Å². The third-order valence-corrected chi connectivity index (χ3v) is 2.32. The molecule has 4 heteroatoms. The van der Waals surface area contributed by atoms with E-state index in [-0.39, 0.29) is 5.78 Å². The number of Topliss-reactive ketones (excluding diaryl/α,β-unsaturated/α-hetero) is 1. The lowest BCUT2D eigenvalue weighted by Gasteiger charge is -2.16. The smallest absolute Gasteiger partial charge is 0.163 e. The van der Waals surface area contributed by atoms with Crippen LogP contribution in [-0.4, -0.2) is 27.1 Å². The topological polar surface area (TPSA) is 44.8 Å². The maximum atomic E-state index is 11.4. The molecule has 1 unspecified atom stereocenters. The third-order valence-electron chi connectivity index (χ3n) is 2.32. The number of hydrogen-bond acceptors (Lipinski definition) is 4. The van der Waals surface area contributed by atoms with E-state index >= 15 is 0 Å². The van der Waals surface area contributed by atoms with Crippen molar-refractivity contribution in [3.8, 4) is 11.5 Å². The summed E-state index contributed by atoms with van der Waals surface area (Å²) in [5.41, 5.74) is 0.678. The Bertz CT molecular complexity index is 373. The monoisotopic (exact) mass is 224 g/mol. The number of methoxy groups -OCH3 is 3. The first kappa shape index (κ1) is 12.5. The lowest BCUT2D eigenvalue weighted by Crippen LogP contribution is -2.12. The fraction of sp³-hybridized carbons (Fsp3) is 0.417. The number of rotatable bonds is 5. The summed E-state index contributed by atoms with van der Waals surface area (Å²) in [6.07, 6.45) is -0.620. The predicted octanol–water partition coefficient (Wildman–Crippen LogP) is 1.98. The van der Waals surface area contributed by atoms with Crippen LogP contribution in [0.25, 0.3) is 0 Å².